The van der Waals surface area contributed by atoms with E-state index in [2.05, 4.69) is 15.5 Å². The topological polar surface area (TPSA) is 91.7 Å². The fraction of sp³-hybridized carbons (Fsp3) is 0.0500. The Morgan fingerprint density at radius 1 is 1.10 bits per heavy atom. The van der Waals surface area contributed by atoms with Crippen LogP contribution in [0.5, 0.6) is 0 Å². The number of hydrazone groups is 1. The van der Waals surface area contributed by atoms with Gasteiger partial charge in [0, 0.05) is 23.0 Å². The molecule has 1 aromatic heterocycles. The number of halogens is 1. The van der Waals surface area contributed by atoms with Crippen molar-refractivity contribution in [3.05, 3.63) is 89.7 Å². The van der Waals surface area contributed by atoms with Crippen LogP contribution in [0.3, 0.4) is 0 Å². The number of hydrogen-bond donors (Lipinski definition) is 1. The lowest BCUT2D eigenvalue weighted by molar-refractivity contribution is -0.119. The van der Waals surface area contributed by atoms with Gasteiger partial charge < -0.3 is 0 Å². The maximum Gasteiger partial charge on any atom is 0.264 e. The predicted octanol–water partition coefficient (Wildman–Crippen LogP) is 3.08. The van der Waals surface area contributed by atoms with Gasteiger partial charge in [0.15, 0.2) is 0 Å². The monoisotopic (exact) mass is 428 g/mol. The van der Waals surface area contributed by atoms with E-state index in [9.17, 15) is 13.2 Å². The molecule has 9 heteroatoms. The number of benzene rings is 2. The van der Waals surface area contributed by atoms with Crippen LogP contribution in [0.25, 0.3) is 0 Å². The summed E-state index contributed by atoms with van der Waals surface area (Å²) in [7, 11) is -3.99. The second kappa shape index (κ2) is 9.31. The molecule has 0 spiro atoms. The number of nitrogens with zero attached hydrogens (tertiary/aromatic N) is 3. The smallest absolute Gasteiger partial charge is 0.264 e. The molecule has 2 aromatic carbocycles. The number of anilines is 1. The van der Waals surface area contributed by atoms with Crippen LogP contribution in [-0.4, -0.2) is 32.1 Å². The molecule has 0 saturated carbocycles. The molecule has 0 saturated heterocycles. The summed E-state index contributed by atoms with van der Waals surface area (Å²) < 4.78 is 27.3. The van der Waals surface area contributed by atoms with E-state index in [0.717, 1.165) is 4.31 Å². The first-order valence-corrected chi connectivity index (χ1v) is 10.3. The second-order valence-corrected chi connectivity index (χ2v) is 8.18. The Morgan fingerprint density at radius 2 is 1.90 bits per heavy atom. The lowest BCUT2D eigenvalue weighted by Crippen LogP contribution is -2.39. The van der Waals surface area contributed by atoms with Gasteiger partial charge in [-0.1, -0.05) is 41.9 Å². The van der Waals surface area contributed by atoms with E-state index < -0.39 is 22.5 Å². The average molecular weight is 429 g/mol. The Balaban J connectivity index is 1.84. The van der Waals surface area contributed by atoms with Crippen LogP contribution in [0.1, 0.15) is 5.56 Å². The molecule has 0 aliphatic carbocycles. The maximum absolute atomic E-state index is 13.1. The summed E-state index contributed by atoms with van der Waals surface area (Å²) in [6, 6.07) is 17.6. The van der Waals surface area contributed by atoms with Gasteiger partial charge in [-0.3, -0.25) is 14.1 Å². The van der Waals surface area contributed by atoms with Gasteiger partial charge in [-0.2, -0.15) is 5.10 Å². The molecule has 1 amide bonds. The quantitative estimate of drug-likeness (QED) is 0.462. The molecular weight excluding hydrogens is 412 g/mol. The first-order valence-electron chi connectivity index (χ1n) is 8.52. The van der Waals surface area contributed by atoms with E-state index in [0.29, 0.717) is 10.6 Å². The molecule has 1 heterocycles. The van der Waals surface area contributed by atoms with Crippen LogP contribution in [0, 0.1) is 0 Å². The Hall–Kier alpha value is -3.23. The zero-order valence-electron chi connectivity index (χ0n) is 15.1. The molecule has 7 nitrogen and oxygen atoms in total. The van der Waals surface area contributed by atoms with Gasteiger partial charge in [-0.25, -0.2) is 13.8 Å². The highest BCUT2D eigenvalue weighted by Crippen LogP contribution is 2.25. The minimum Gasteiger partial charge on any atom is -0.271 e. The number of nitrogens with one attached hydrogen (secondary N) is 1. The fourth-order valence-corrected chi connectivity index (χ4v) is 4.08. The van der Waals surface area contributed by atoms with Crippen molar-refractivity contribution in [2.75, 3.05) is 10.8 Å². The van der Waals surface area contributed by atoms with Crippen LogP contribution in [0.2, 0.25) is 5.02 Å². The number of sulfonamides is 1. The van der Waals surface area contributed by atoms with Crippen molar-refractivity contribution >= 4 is 39.4 Å². The minimum atomic E-state index is -3.99. The third-order valence-electron chi connectivity index (χ3n) is 3.80. The van der Waals surface area contributed by atoms with Crippen LogP contribution in [-0.2, 0) is 14.8 Å². The Kier molecular flexibility index (Phi) is 6.58. The molecule has 0 atom stereocenters. The zero-order chi connectivity index (χ0) is 20.7. The summed E-state index contributed by atoms with van der Waals surface area (Å²) in [6.07, 6.45) is 4.61. The van der Waals surface area contributed by atoms with Crippen LogP contribution < -0.4 is 9.73 Å². The zero-order valence-corrected chi connectivity index (χ0v) is 16.7. The Labute approximate surface area is 173 Å². The van der Waals surface area contributed by atoms with E-state index in [4.69, 9.17) is 11.6 Å². The number of hydrogen-bond acceptors (Lipinski definition) is 5. The first kappa shape index (κ1) is 20.5. The number of aromatic nitrogens is 1. The summed E-state index contributed by atoms with van der Waals surface area (Å²) in [6.45, 7) is -0.470. The van der Waals surface area contributed by atoms with Gasteiger partial charge in [0.2, 0.25) is 0 Å². The summed E-state index contributed by atoms with van der Waals surface area (Å²) >= 11 is 6.02. The summed E-state index contributed by atoms with van der Waals surface area (Å²) in [4.78, 5) is 16.4. The van der Waals surface area contributed by atoms with Crippen molar-refractivity contribution < 1.29 is 13.2 Å². The normalized spacial score (nSPS) is 11.3. The summed E-state index contributed by atoms with van der Waals surface area (Å²) in [5, 5.41) is 4.20. The van der Waals surface area contributed by atoms with Gasteiger partial charge in [-0.15, -0.1) is 0 Å². The van der Waals surface area contributed by atoms with Crippen LogP contribution in [0.15, 0.2) is 89.1 Å². The van der Waals surface area contributed by atoms with E-state index in [1.54, 1.807) is 60.9 Å². The molecule has 0 bridgehead atoms. The molecule has 0 unspecified atom stereocenters. The van der Waals surface area contributed by atoms with Gasteiger partial charge in [0.1, 0.15) is 6.54 Å². The van der Waals surface area contributed by atoms with Crippen LogP contribution >= 0.6 is 11.6 Å². The largest absolute Gasteiger partial charge is 0.271 e. The van der Waals surface area contributed by atoms with Crippen molar-refractivity contribution in [3.8, 4) is 0 Å². The summed E-state index contributed by atoms with van der Waals surface area (Å²) in [5.74, 6) is -0.607. The molecule has 3 aromatic rings. The Bertz CT molecular complexity index is 1110. The predicted molar refractivity (Wildman–Crippen MR) is 112 cm³/mol. The number of carbonyl (C=O) groups is 1. The highest BCUT2D eigenvalue weighted by Gasteiger charge is 2.27. The fourth-order valence-electron chi connectivity index (χ4n) is 2.46. The van der Waals surface area contributed by atoms with Crippen molar-refractivity contribution in [1.82, 2.24) is 10.4 Å². The molecule has 0 radical (unpaired) electrons. The molecule has 148 valence electrons. The van der Waals surface area contributed by atoms with Gasteiger partial charge in [0.05, 0.1) is 16.8 Å². The number of amides is 1. The van der Waals surface area contributed by atoms with E-state index in [1.165, 1.54) is 24.4 Å². The third kappa shape index (κ3) is 5.40. The van der Waals surface area contributed by atoms with E-state index in [1.807, 2.05) is 0 Å². The standard InChI is InChI=1S/C20H17ClN4O3S/c21-17-7-4-8-18(12-17)25(29(27,28)19-9-2-1-3-10-19)15-20(26)24-23-14-16-6-5-11-22-13-16/h1-14H,15H2,(H,24,26)/b23-14+. The SMILES string of the molecule is O=C(CN(c1cccc(Cl)c1)S(=O)(=O)c1ccccc1)N/N=C/c1cccnc1. The lowest BCUT2D eigenvalue weighted by Gasteiger charge is -2.23. The van der Waals surface area contributed by atoms with Crippen molar-refractivity contribution in [2.24, 2.45) is 5.10 Å². The van der Waals surface area contributed by atoms with Gasteiger partial charge >= 0.3 is 0 Å². The van der Waals surface area contributed by atoms with E-state index in [-0.39, 0.29) is 10.6 Å². The second-order valence-electron chi connectivity index (χ2n) is 5.88. The van der Waals surface area contributed by atoms with Crippen molar-refractivity contribution in [1.29, 1.82) is 0 Å². The first-order chi connectivity index (χ1) is 14.0. The number of pyridine rings is 1. The molecular formula is C20H17ClN4O3S. The molecule has 29 heavy (non-hydrogen) atoms. The molecule has 0 fully saturated rings. The number of carbonyl (C=O) groups excluding carboxylic acids is 1. The summed E-state index contributed by atoms with van der Waals surface area (Å²) in [5.41, 5.74) is 3.30. The highest BCUT2D eigenvalue weighted by molar-refractivity contribution is 7.92. The van der Waals surface area contributed by atoms with Gasteiger partial charge in [-0.05, 0) is 36.4 Å². The van der Waals surface area contributed by atoms with Crippen LogP contribution in [0.4, 0.5) is 5.69 Å². The molecule has 1 N–H and O–H groups in total. The number of rotatable bonds is 7. The maximum atomic E-state index is 13.1. The lowest BCUT2D eigenvalue weighted by atomic mass is 10.3. The highest BCUT2D eigenvalue weighted by atomic mass is 35.5. The molecule has 0 aliphatic rings. The minimum absolute atomic E-state index is 0.0617. The third-order valence-corrected chi connectivity index (χ3v) is 5.83. The van der Waals surface area contributed by atoms with Gasteiger partial charge in [0.25, 0.3) is 15.9 Å². The van der Waals surface area contributed by atoms with Crippen molar-refractivity contribution in [2.45, 2.75) is 4.90 Å². The molecule has 0 aliphatic heterocycles. The average Bonchev–Trinajstić information content (AvgIpc) is 2.73. The van der Waals surface area contributed by atoms with Crippen molar-refractivity contribution in [3.63, 3.8) is 0 Å². The molecule has 3 rings (SSSR count). The van der Waals surface area contributed by atoms with E-state index >= 15 is 0 Å². The Morgan fingerprint density at radius 3 is 2.59 bits per heavy atom.